The van der Waals surface area contributed by atoms with Gasteiger partial charge in [-0.1, -0.05) is 24.3 Å². The Hall–Kier alpha value is -2.18. The Labute approximate surface area is 134 Å². The third-order valence-electron chi connectivity index (χ3n) is 2.85. The molecule has 1 aromatic rings. The molecule has 0 unspecified atom stereocenters. The summed E-state index contributed by atoms with van der Waals surface area (Å²) in [4.78, 5) is 4.10. The summed E-state index contributed by atoms with van der Waals surface area (Å²) in [6.45, 7) is 1.97. The SMILES string of the molecule is C/C=C/CCNC(=NC)NCc1ccc(OCC(F)(F)F)cc1. The van der Waals surface area contributed by atoms with Crippen molar-refractivity contribution >= 4 is 5.96 Å². The van der Waals surface area contributed by atoms with Crippen molar-refractivity contribution in [3.05, 3.63) is 42.0 Å². The first-order chi connectivity index (χ1) is 10.9. The van der Waals surface area contributed by atoms with Crippen LogP contribution >= 0.6 is 0 Å². The summed E-state index contributed by atoms with van der Waals surface area (Å²) >= 11 is 0. The monoisotopic (exact) mass is 329 g/mol. The highest BCUT2D eigenvalue weighted by Gasteiger charge is 2.28. The highest BCUT2D eigenvalue weighted by atomic mass is 19.4. The number of hydrogen-bond acceptors (Lipinski definition) is 2. The fraction of sp³-hybridized carbons (Fsp3) is 0.438. The number of benzene rings is 1. The van der Waals surface area contributed by atoms with E-state index in [9.17, 15) is 13.2 Å². The molecule has 0 fully saturated rings. The molecule has 0 amide bonds. The number of halogens is 3. The van der Waals surface area contributed by atoms with E-state index in [2.05, 4.69) is 26.4 Å². The van der Waals surface area contributed by atoms with E-state index in [1.165, 1.54) is 12.1 Å². The van der Waals surface area contributed by atoms with Crippen molar-refractivity contribution in [1.29, 1.82) is 0 Å². The number of aliphatic imine (C=N–C) groups is 1. The Balaban J connectivity index is 2.39. The van der Waals surface area contributed by atoms with Gasteiger partial charge in [0.1, 0.15) is 5.75 Å². The summed E-state index contributed by atoms with van der Waals surface area (Å²) < 4.78 is 40.8. The van der Waals surface area contributed by atoms with Crippen LogP contribution in [-0.2, 0) is 6.54 Å². The van der Waals surface area contributed by atoms with Crippen molar-refractivity contribution < 1.29 is 17.9 Å². The van der Waals surface area contributed by atoms with Crippen molar-refractivity contribution in [2.24, 2.45) is 4.99 Å². The summed E-state index contributed by atoms with van der Waals surface area (Å²) in [6.07, 6.45) is 0.619. The lowest BCUT2D eigenvalue weighted by atomic mass is 10.2. The molecule has 0 bridgehead atoms. The zero-order valence-electron chi connectivity index (χ0n) is 13.3. The highest BCUT2D eigenvalue weighted by Crippen LogP contribution is 2.18. The van der Waals surface area contributed by atoms with Crippen molar-refractivity contribution in [1.82, 2.24) is 10.6 Å². The topological polar surface area (TPSA) is 45.7 Å². The first-order valence-corrected chi connectivity index (χ1v) is 7.29. The molecule has 0 aliphatic heterocycles. The van der Waals surface area contributed by atoms with Crippen LogP contribution in [0.4, 0.5) is 13.2 Å². The molecule has 0 atom stereocenters. The first kappa shape index (κ1) is 18.9. The first-order valence-electron chi connectivity index (χ1n) is 7.29. The minimum atomic E-state index is -4.33. The van der Waals surface area contributed by atoms with Crippen LogP contribution in [0.2, 0.25) is 0 Å². The molecule has 0 saturated carbocycles. The molecular weight excluding hydrogens is 307 g/mol. The van der Waals surface area contributed by atoms with Gasteiger partial charge in [-0.25, -0.2) is 0 Å². The van der Waals surface area contributed by atoms with Crippen molar-refractivity contribution in [3.8, 4) is 5.75 Å². The molecule has 0 heterocycles. The van der Waals surface area contributed by atoms with E-state index in [0.29, 0.717) is 12.5 Å². The van der Waals surface area contributed by atoms with E-state index in [0.717, 1.165) is 18.5 Å². The maximum atomic E-state index is 12.1. The van der Waals surface area contributed by atoms with Crippen LogP contribution in [0.3, 0.4) is 0 Å². The largest absolute Gasteiger partial charge is 0.484 e. The Morgan fingerprint density at radius 3 is 2.48 bits per heavy atom. The van der Waals surface area contributed by atoms with Crippen LogP contribution in [0.5, 0.6) is 5.75 Å². The van der Waals surface area contributed by atoms with Gasteiger partial charge in [0.05, 0.1) is 0 Å². The molecule has 0 radical (unpaired) electrons. The van der Waals surface area contributed by atoms with Gasteiger partial charge in [0.2, 0.25) is 0 Å². The van der Waals surface area contributed by atoms with E-state index < -0.39 is 12.8 Å². The standard InChI is InChI=1S/C16H22F3N3O/c1-3-4-5-10-21-15(20-2)22-11-13-6-8-14(9-7-13)23-12-16(17,18)19/h3-4,6-9H,5,10-12H2,1-2H3,(H2,20,21,22)/b4-3+. The van der Waals surface area contributed by atoms with Gasteiger partial charge in [0.15, 0.2) is 12.6 Å². The van der Waals surface area contributed by atoms with E-state index in [1.807, 2.05) is 13.0 Å². The molecule has 7 heteroatoms. The average Bonchev–Trinajstić information content (AvgIpc) is 2.52. The van der Waals surface area contributed by atoms with E-state index in [1.54, 1.807) is 19.2 Å². The lowest BCUT2D eigenvalue weighted by Crippen LogP contribution is -2.37. The smallest absolute Gasteiger partial charge is 0.422 e. The number of nitrogens with zero attached hydrogens (tertiary/aromatic N) is 1. The molecule has 0 spiro atoms. The molecule has 0 aliphatic rings. The third-order valence-corrected chi connectivity index (χ3v) is 2.85. The van der Waals surface area contributed by atoms with Gasteiger partial charge in [-0.2, -0.15) is 13.2 Å². The van der Waals surface area contributed by atoms with Gasteiger partial charge in [0.25, 0.3) is 0 Å². The van der Waals surface area contributed by atoms with Crippen molar-refractivity contribution in [2.75, 3.05) is 20.2 Å². The number of allylic oxidation sites excluding steroid dienone is 1. The summed E-state index contributed by atoms with van der Waals surface area (Å²) in [5, 5.41) is 6.29. The molecule has 2 N–H and O–H groups in total. The number of nitrogens with one attached hydrogen (secondary N) is 2. The highest BCUT2D eigenvalue weighted by molar-refractivity contribution is 5.79. The molecule has 0 saturated heterocycles. The molecule has 128 valence electrons. The predicted octanol–water partition coefficient (Wildman–Crippen LogP) is 3.26. The summed E-state index contributed by atoms with van der Waals surface area (Å²) in [5.74, 6) is 0.867. The quantitative estimate of drug-likeness (QED) is 0.349. The van der Waals surface area contributed by atoms with Crippen molar-refractivity contribution in [3.63, 3.8) is 0 Å². The lowest BCUT2D eigenvalue weighted by Gasteiger charge is -2.12. The van der Waals surface area contributed by atoms with Crippen LogP contribution in [0.15, 0.2) is 41.4 Å². The van der Waals surface area contributed by atoms with Gasteiger partial charge in [0, 0.05) is 20.1 Å². The number of ether oxygens (including phenoxy) is 1. The Kier molecular flexibility index (Phi) is 8.01. The molecule has 0 aromatic heterocycles. The van der Waals surface area contributed by atoms with Gasteiger partial charge >= 0.3 is 6.18 Å². The van der Waals surface area contributed by atoms with Crippen molar-refractivity contribution in [2.45, 2.75) is 26.1 Å². The molecule has 1 aromatic carbocycles. The number of guanidine groups is 1. The number of alkyl halides is 3. The van der Waals surface area contributed by atoms with Crippen LogP contribution in [0, 0.1) is 0 Å². The van der Waals surface area contributed by atoms with Gasteiger partial charge < -0.3 is 15.4 Å². The lowest BCUT2D eigenvalue weighted by molar-refractivity contribution is -0.153. The normalized spacial score (nSPS) is 12.5. The molecule has 23 heavy (non-hydrogen) atoms. The minimum Gasteiger partial charge on any atom is -0.484 e. The van der Waals surface area contributed by atoms with E-state index in [-0.39, 0.29) is 5.75 Å². The van der Waals surface area contributed by atoms with Crippen LogP contribution in [-0.4, -0.2) is 32.3 Å². The average molecular weight is 329 g/mol. The minimum absolute atomic E-state index is 0.194. The Morgan fingerprint density at radius 1 is 1.22 bits per heavy atom. The fourth-order valence-corrected chi connectivity index (χ4v) is 1.72. The fourth-order valence-electron chi connectivity index (χ4n) is 1.72. The van der Waals surface area contributed by atoms with Crippen LogP contribution in [0.1, 0.15) is 18.9 Å². The third kappa shape index (κ3) is 8.75. The maximum Gasteiger partial charge on any atom is 0.422 e. The maximum absolute atomic E-state index is 12.1. The Bertz CT molecular complexity index is 510. The van der Waals surface area contributed by atoms with Gasteiger partial charge in [-0.3, -0.25) is 4.99 Å². The molecule has 1 rings (SSSR count). The van der Waals surface area contributed by atoms with Gasteiger partial charge in [-0.15, -0.1) is 0 Å². The zero-order chi connectivity index (χ0) is 17.1. The molecule has 0 aliphatic carbocycles. The molecule has 4 nitrogen and oxygen atoms in total. The van der Waals surface area contributed by atoms with Crippen LogP contribution < -0.4 is 15.4 Å². The predicted molar refractivity (Wildman–Crippen MR) is 85.6 cm³/mol. The number of rotatable bonds is 7. The summed E-state index contributed by atoms with van der Waals surface area (Å²) in [5.41, 5.74) is 0.917. The second kappa shape index (κ2) is 9.76. The number of hydrogen-bond donors (Lipinski definition) is 2. The van der Waals surface area contributed by atoms with E-state index in [4.69, 9.17) is 0 Å². The zero-order valence-corrected chi connectivity index (χ0v) is 13.3. The summed E-state index contributed by atoms with van der Waals surface area (Å²) in [7, 11) is 1.68. The Morgan fingerprint density at radius 2 is 1.91 bits per heavy atom. The van der Waals surface area contributed by atoms with E-state index >= 15 is 0 Å². The molecular formula is C16H22F3N3O. The van der Waals surface area contributed by atoms with Gasteiger partial charge in [-0.05, 0) is 31.0 Å². The second-order valence-electron chi connectivity index (χ2n) is 4.76. The second-order valence-corrected chi connectivity index (χ2v) is 4.76. The van der Waals surface area contributed by atoms with Crippen LogP contribution in [0.25, 0.3) is 0 Å². The summed E-state index contributed by atoms with van der Waals surface area (Å²) in [6, 6.07) is 6.47.